The van der Waals surface area contributed by atoms with Crippen LogP contribution < -0.4 is 5.43 Å². The van der Waals surface area contributed by atoms with Gasteiger partial charge in [-0.05, 0) is 24.7 Å². The van der Waals surface area contributed by atoms with Crippen molar-refractivity contribution in [2.45, 2.75) is 13.1 Å². The first-order chi connectivity index (χ1) is 10.8. The first-order valence-corrected chi connectivity index (χ1v) is 6.92. The number of likely N-dealkylation sites (N-methyl/N-ethyl adjacent to an activating group) is 1. The lowest BCUT2D eigenvalue weighted by Crippen LogP contribution is -2.27. The van der Waals surface area contributed by atoms with Gasteiger partial charge < -0.3 is 14.8 Å². The number of carboxylic acids is 1. The lowest BCUT2D eigenvalue weighted by atomic mass is 10.2. The summed E-state index contributed by atoms with van der Waals surface area (Å²) in [4.78, 5) is 23.9. The molecule has 2 aromatic rings. The van der Waals surface area contributed by atoms with Crippen molar-refractivity contribution in [1.82, 2.24) is 9.47 Å². The largest absolute Gasteiger partial charge is 0.503 e. The smallest absolute Gasteiger partial charge is 0.317 e. The van der Waals surface area contributed by atoms with Gasteiger partial charge in [-0.2, -0.15) is 0 Å². The van der Waals surface area contributed by atoms with E-state index in [9.17, 15) is 19.1 Å². The third-order valence-corrected chi connectivity index (χ3v) is 3.30. The standard InChI is InChI=1S/C16H17FN2O4/c1-18(10-16(22)23)8-13-6-14(20)15(21)9-19(13)7-11-2-4-12(17)5-3-11/h2-6,9,21H,7-8,10H2,1H3,(H,22,23). The summed E-state index contributed by atoms with van der Waals surface area (Å²) in [7, 11) is 1.62. The molecule has 1 heterocycles. The van der Waals surface area contributed by atoms with E-state index < -0.39 is 17.1 Å². The van der Waals surface area contributed by atoms with Crippen molar-refractivity contribution in [3.8, 4) is 5.75 Å². The Morgan fingerprint density at radius 1 is 1.30 bits per heavy atom. The highest BCUT2D eigenvalue weighted by atomic mass is 19.1. The Kier molecular flexibility index (Phi) is 5.13. The number of aromatic nitrogens is 1. The van der Waals surface area contributed by atoms with Crippen LogP contribution in [0.25, 0.3) is 0 Å². The van der Waals surface area contributed by atoms with Crippen molar-refractivity contribution in [3.05, 3.63) is 63.8 Å². The van der Waals surface area contributed by atoms with Crippen LogP contribution >= 0.6 is 0 Å². The summed E-state index contributed by atoms with van der Waals surface area (Å²) in [6, 6.07) is 7.14. The molecular weight excluding hydrogens is 303 g/mol. The number of hydrogen-bond acceptors (Lipinski definition) is 4. The summed E-state index contributed by atoms with van der Waals surface area (Å²) in [5.41, 5.74) is 0.816. The van der Waals surface area contributed by atoms with Gasteiger partial charge >= 0.3 is 5.97 Å². The Morgan fingerprint density at radius 2 is 1.96 bits per heavy atom. The first-order valence-electron chi connectivity index (χ1n) is 6.92. The number of carboxylic acid groups (broad SMARTS) is 1. The Hall–Kier alpha value is -2.67. The lowest BCUT2D eigenvalue weighted by Gasteiger charge is -2.19. The zero-order chi connectivity index (χ0) is 17.0. The molecule has 2 rings (SSSR count). The molecule has 23 heavy (non-hydrogen) atoms. The molecule has 0 saturated carbocycles. The van der Waals surface area contributed by atoms with E-state index in [2.05, 4.69) is 0 Å². The third kappa shape index (κ3) is 4.65. The highest BCUT2D eigenvalue weighted by Crippen LogP contribution is 2.12. The number of nitrogens with zero attached hydrogens (tertiary/aromatic N) is 2. The van der Waals surface area contributed by atoms with E-state index in [1.165, 1.54) is 29.3 Å². The number of rotatable bonds is 6. The minimum absolute atomic E-state index is 0.175. The van der Waals surface area contributed by atoms with Gasteiger partial charge in [0, 0.05) is 24.8 Å². The number of carbonyl (C=O) groups is 1. The van der Waals surface area contributed by atoms with Gasteiger partial charge in [0.05, 0.1) is 12.7 Å². The van der Waals surface area contributed by atoms with Gasteiger partial charge in [-0.15, -0.1) is 0 Å². The summed E-state index contributed by atoms with van der Waals surface area (Å²) >= 11 is 0. The van der Waals surface area contributed by atoms with Gasteiger partial charge in [0.1, 0.15) is 5.82 Å². The van der Waals surface area contributed by atoms with Crippen molar-refractivity contribution in [3.63, 3.8) is 0 Å². The fraction of sp³-hybridized carbons (Fsp3) is 0.250. The molecule has 0 amide bonds. The molecule has 6 nitrogen and oxygen atoms in total. The molecular formula is C16H17FN2O4. The van der Waals surface area contributed by atoms with Crippen LogP contribution in [0.5, 0.6) is 5.75 Å². The Labute approximate surface area is 132 Å². The molecule has 0 bridgehead atoms. The van der Waals surface area contributed by atoms with Gasteiger partial charge in [0.2, 0.25) is 5.43 Å². The van der Waals surface area contributed by atoms with E-state index >= 15 is 0 Å². The molecule has 0 atom stereocenters. The average molecular weight is 320 g/mol. The highest BCUT2D eigenvalue weighted by Gasteiger charge is 2.11. The minimum Gasteiger partial charge on any atom is -0.503 e. The molecule has 1 aromatic heterocycles. The highest BCUT2D eigenvalue weighted by molar-refractivity contribution is 5.69. The second-order valence-corrected chi connectivity index (χ2v) is 5.33. The molecule has 0 aliphatic heterocycles. The molecule has 0 radical (unpaired) electrons. The van der Waals surface area contributed by atoms with E-state index in [4.69, 9.17) is 5.11 Å². The quantitative estimate of drug-likeness (QED) is 0.837. The summed E-state index contributed by atoms with van der Waals surface area (Å²) < 4.78 is 14.6. The molecule has 0 spiro atoms. The van der Waals surface area contributed by atoms with Crippen LogP contribution in [0.1, 0.15) is 11.3 Å². The Balaban J connectivity index is 2.29. The zero-order valence-electron chi connectivity index (χ0n) is 12.6. The Morgan fingerprint density at radius 3 is 2.57 bits per heavy atom. The monoisotopic (exact) mass is 320 g/mol. The van der Waals surface area contributed by atoms with Gasteiger partial charge in [-0.3, -0.25) is 14.5 Å². The van der Waals surface area contributed by atoms with Gasteiger partial charge in [0.25, 0.3) is 0 Å². The van der Waals surface area contributed by atoms with E-state index in [1.54, 1.807) is 23.7 Å². The van der Waals surface area contributed by atoms with Crippen LogP contribution in [0.4, 0.5) is 4.39 Å². The molecule has 0 aliphatic carbocycles. The number of halogens is 1. The molecule has 0 saturated heterocycles. The van der Waals surface area contributed by atoms with Crippen LogP contribution in [0.3, 0.4) is 0 Å². The van der Waals surface area contributed by atoms with Crippen molar-refractivity contribution < 1.29 is 19.4 Å². The number of benzene rings is 1. The maximum Gasteiger partial charge on any atom is 0.317 e. The van der Waals surface area contributed by atoms with E-state index in [0.717, 1.165) is 5.56 Å². The second kappa shape index (κ2) is 7.06. The fourth-order valence-electron chi connectivity index (χ4n) is 2.24. The van der Waals surface area contributed by atoms with E-state index in [0.29, 0.717) is 12.2 Å². The number of pyridine rings is 1. The van der Waals surface area contributed by atoms with Crippen LogP contribution in [-0.4, -0.2) is 39.2 Å². The van der Waals surface area contributed by atoms with Crippen molar-refractivity contribution in [1.29, 1.82) is 0 Å². The van der Waals surface area contributed by atoms with Gasteiger partial charge in [0.15, 0.2) is 5.75 Å². The zero-order valence-corrected chi connectivity index (χ0v) is 12.6. The van der Waals surface area contributed by atoms with Crippen molar-refractivity contribution in [2.75, 3.05) is 13.6 Å². The summed E-state index contributed by atoms with van der Waals surface area (Å²) in [5, 5.41) is 18.4. The molecule has 0 aliphatic rings. The molecule has 1 aromatic carbocycles. The molecule has 0 fully saturated rings. The fourth-order valence-corrected chi connectivity index (χ4v) is 2.24. The van der Waals surface area contributed by atoms with Crippen molar-refractivity contribution >= 4 is 5.97 Å². The van der Waals surface area contributed by atoms with Crippen LogP contribution in [0, 0.1) is 5.82 Å². The third-order valence-electron chi connectivity index (χ3n) is 3.30. The maximum atomic E-state index is 13.0. The number of aromatic hydroxyl groups is 1. The van der Waals surface area contributed by atoms with Gasteiger partial charge in [-0.1, -0.05) is 12.1 Å². The molecule has 7 heteroatoms. The van der Waals surface area contributed by atoms with Crippen LogP contribution in [-0.2, 0) is 17.9 Å². The molecule has 2 N–H and O–H groups in total. The van der Waals surface area contributed by atoms with Crippen LogP contribution in [0.2, 0.25) is 0 Å². The summed E-state index contributed by atoms with van der Waals surface area (Å²) in [6.45, 7) is 0.374. The predicted octanol–water partition coefficient (Wildman–Crippen LogP) is 1.26. The van der Waals surface area contributed by atoms with E-state index in [1.807, 2.05) is 0 Å². The second-order valence-electron chi connectivity index (χ2n) is 5.33. The van der Waals surface area contributed by atoms with Crippen LogP contribution in [0.15, 0.2) is 41.3 Å². The van der Waals surface area contributed by atoms with Gasteiger partial charge in [-0.25, -0.2) is 4.39 Å². The predicted molar refractivity (Wildman–Crippen MR) is 81.8 cm³/mol. The first kappa shape index (κ1) is 16.7. The number of aliphatic carboxylic acids is 1. The normalized spacial score (nSPS) is 10.9. The topological polar surface area (TPSA) is 82.8 Å². The molecule has 122 valence electrons. The Bertz CT molecular complexity index is 756. The average Bonchev–Trinajstić information content (AvgIpc) is 2.45. The van der Waals surface area contributed by atoms with E-state index in [-0.39, 0.29) is 18.9 Å². The summed E-state index contributed by atoms with van der Waals surface area (Å²) in [5.74, 6) is -1.71. The molecule has 0 unspecified atom stereocenters. The lowest BCUT2D eigenvalue weighted by molar-refractivity contribution is -0.138. The van der Waals surface area contributed by atoms with Crippen molar-refractivity contribution in [2.24, 2.45) is 0 Å². The maximum absolute atomic E-state index is 13.0. The summed E-state index contributed by atoms with van der Waals surface area (Å²) in [6.07, 6.45) is 1.30. The number of hydrogen-bond donors (Lipinski definition) is 2. The SMILES string of the molecule is CN(CC(=O)O)Cc1cc(=O)c(O)cn1Cc1ccc(F)cc1. The minimum atomic E-state index is -0.973.